The van der Waals surface area contributed by atoms with Crippen molar-refractivity contribution in [3.63, 3.8) is 0 Å². The summed E-state index contributed by atoms with van der Waals surface area (Å²) in [5.41, 5.74) is 1.81. The second-order valence-corrected chi connectivity index (χ2v) is 4.56. The first-order valence-electron chi connectivity index (χ1n) is 6.45. The van der Waals surface area contributed by atoms with Crippen molar-refractivity contribution in [2.45, 2.75) is 6.92 Å². The molecule has 4 nitrogen and oxygen atoms in total. The Kier molecular flexibility index (Phi) is 4.66. The number of carbonyl (C=O) groups is 2. The van der Waals surface area contributed by atoms with Crippen molar-refractivity contribution in [3.05, 3.63) is 65.5 Å². The van der Waals surface area contributed by atoms with E-state index < -0.39 is 11.7 Å². The Morgan fingerprint density at radius 3 is 2.57 bits per heavy atom. The fraction of sp³-hybridized carbons (Fsp3) is 0.125. The molecule has 0 atom stereocenters. The van der Waals surface area contributed by atoms with E-state index in [1.165, 1.54) is 18.2 Å². The predicted molar refractivity (Wildman–Crippen MR) is 78.5 cm³/mol. The number of hydrogen-bond donors (Lipinski definition) is 2. The van der Waals surface area contributed by atoms with Gasteiger partial charge >= 0.3 is 0 Å². The highest BCUT2D eigenvalue weighted by atomic mass is 19.1. The Bertz CT molecular complexity index is 671. The van der Waals surface area contributed by atoms with E-state index in [1.54, 1.807) is 6.07 Å². The molecule has 0 aliphatic carbocycles. The third kappa shape index (κ3) is 4.14. The molecule has 2 amide bonds. The van der Waals surface area contributed by atoms with E-state index in [9.17, 15) is 14.0 Å². The third-order valence-electron chi connectivity index (χ3n) is 2.92. The lowest BCUT2D eigenvalue weighted by molar-refractivity contribution is -0.115. The van der Waals surface area contributed by atoms with Crippen LogP contribution in [0.25, 0.3) is 0 Å². The molecule has 0 radical (unpaired) electrons. The number of benzene rings is 2. The summed E-state index contributed by atoms with van der Waals surface area (Å²) in [7, 11) is 0. The molecule has 2 N–H and O–H groups in total. The maximum Gasteiger partial charge on any atom is 0.251 e. The van der Waals surface area contributed by atoms with Gasteiger partial charge in [0.15, 0.2) is 0 Å². The van der Waals surface area contributed by atoms with Gasteiger partial charge in [0.05, 0.1) is 6.54 Å². The quantitative estimate of drug-likeness (QED) is 0.907. The lowest BCUT2D eigenvalue weighted by Gasteiger charge is -2.09. The Morgan fingerprint density at radius 1 is 1.10 bits per heavy atom. The summed E-state index contributed by atoms with van der Waals surface area (Å²) in [4.78, 5) is 23.5. The molecular formula is C16H15FN2O2. The van der Waals surface area contributed by atoms with Gasteiger partial charge in [-0.1, -0.05) is 24.3 Å². The highest BCUT2D eigenvalue weighted by Crippen LogP contribution is 2.12. The highest BCUT2D eigenvalue weighted by Gasteiger charge is 2.09. The van der Waals surface area contributed by atoms with E-state index in [2.05, 4.69) is 10.6 Å². The molecule has 0 bridgehead atoms. The Labute approximate surface area is 122 Å². The molecule has 2 aromatic carbocycles. The zero-order chi connectivity index (χ0) is 15.2. The summed E-state index contributed by atoms with van der Waals surface area (Å²) in [6.07, 6.45) is 0. The second-order valence-electron chi connectivity index (χ2n) is 4.56. The molecule has 0 unspecified atom stereocenters. The maximum absolute atomic E-state index is 13.0. The fourth-order valence-electron chi connectivity index (χ4n) is 1.80. The van der Waals surface area contributed by atoms with Crippen LogP contribution >= 0.6 is 0 Å². The second kappa shape index (κ2) is 6.65. The first-order chi connectivity index (χ1) is 10.1. The summed E-state index contributed by atoms with van der Waals surface area (Å²) in [6.45, 7) is 1.70. The van der Waals surface area contributed by atoms with Crippen molar-refractivity contribution in [2.24, 2.45) is 0 Å². The molecule has 0 heterocycles. The number of carbonyl (C=O) groups excluding carboxylic acids is 2. The van der Waals surface area contributed by atoms with Crippen LogP contribution < -0.4 is 10.6 Å². The van der Waals surface area contributed by atoms with E-state index in [1.807, 2.05) is 25.1 Å². The molecule has 0 fully saturated rings. The number of anilines is 1. The van der Waals surface area contributed by atoms with E-state index in [0.29, 0.717) is 5.69 Å². The number of amides is 2. The lowest BCUT2D eigenvalue weighted by Crippen LogP contribution is -2.33. The van der Waals surface area contributed by atoms with Crippen LogP contribution in [0.1, 0.15) is 15.9 Å². The van der Waals surface area contributed by atoms with Gasteiger partial charge in [0.1, 0.15) is 5.82 Å². The molecule has 2 rings (SSSR count). The maximum atomic E-state index is 13.0. The number of nitrogens with one attached hydrogen (secondary N) is 2. The third-order valence-corrected chi connectivity index (χ3v) is 2.92. The molecule has 0 saturated carbocycles. The molecule has 0 aromatic heterocycles. The van der Waals surface area contributed by atoms with Gasteiger partial charge in [-0.3, -0.25) is 9.59 Å². The first-order valence-corrected chi connectivity index (χ1v) is 6.45. The zero-order valence-corrected chi connectivity index (χ0v) is 11.5. The van der Waals surface area contributed by atoms with Crippen LogP contribution in [-0.2, 0) is 4.79 Å². The summed E-state index contributed by atoms with van der Waals surface area (Å²) in [5, 5.41) is 5.15. The van der Waals surface area contributed by atoms with Crippen molar-refractivity contribution in [2.75, 3.05) is 11.9 Å². The van der Waals surface area contributed by atoms with Crippen LogP contribution in [0.15, 0.2) is 48.5 Å². The van der Waals surface area contributed by atoms with Gasteiger partial charge in [-0.15, -0.1) is 0 Å². The van der Waals surface area contributed by atoms with Gasteiger partial charge in [-0.05, 0) is 36.8 Å². The standard InChI is InChI=1S/C16H15FN2O2/c1-11-5-2-3-8-14(11)19-15(20)10-18-16(21)12-6-4-7-13(17)9-12/h2-9H,10H2,1H3,(H,18,21)(H,19,20). The highest BCUT2D eigenvalue weighted by molar-refractivity contribution is 5.99. The SMILES string of the molecule is Cc1ccccc1NC(=O)CNC(=O)c1cccc(F)c1. The molecule has 0 saturated heterocycles. The Balaban J connectivity index is 1.90. The fourth-order valence-corrected chi connectivity index (χ4v) is 1.80. The number of halogens is 1. The summed E-state index contributed by atoms with van der Waals surface area (Å²) >= 11 is 0. The van der Waals surface area contributed by atoms with Crippen molar-refractivity contribution in [3.8, 4) is 0 Å². The van der Waals surface area contributed by atoms with Crippen molar-refractivity contribution >= 4 is 17.5 Å². The van der Waals surface area contributed by atoms with Crippen LogP contribution in [0.5, 0.6) is 0 Å². The average Bonchev–Trinajstić information content (AvgIpc) is 2.47. The Morgan fingerprint density at radius 2 is 1.86 bits per heavy atom. The predicted octanol–water partition coefficient (Wildman–Crippen LogP) is 2.50. The Hall–Kier alpha value is -2.69. The molecule has 0 aliphatic rings. The first kappa shape index (κ1) is 14.7. The minimum atomic E-state index is -0.494. The van der Waals surface area contributed by atoms with Crippen molar-refractivity contribution in [1.82, 2.24) is 5.32 Å². The van der Waals surface area contributed by atoms with E-state index in [0.717, 1.165) is 11.6 Å². The van der Waals surface area contributed by atoms with Crippen LogP contribution in [0.3, 0.4) is 0 Å². The van der Waals surface area contributed by atoms with Crippen molar-refractivity contribution < 1.29 is 14.0 Å². The molecule has 5 heteroatoms. The molecule has 0 spiro atoms. The van der Waals surface area contributed by atoms with E-state index in [-0.39, 0.29) is 18.0 Å². The summed E-state index contributed by atoms with van der Waals surface area (Å²) < 4.78 is 13.0. The smallest absolute Gasteiger partial charge is 0.251 e. The normalized spacial score (nSPS) is 10.0. The molecule has 21 heavy (non-hydrogen) atoms. The topological polar surface area (TPSA) is 58.2 Å². The molecule has 108 valence electrons. The number of para-hydroxylation sites is 1. The van der Waals surface area contributed by atoms with Crippen LogP contribution in [0.4, 0.5) is 10.1 Å². The van der Waals surface area contributed by atoms with E-state index >= 15 is 0 Å². The number of hydrogen-bond acceptors (Lipinski definition) is 2. The minimum Gasteiger partial charge on any atom is -0.343 e. The number of aryl methyl sites for hydroxylation is 1. The largest absolute Gasteiger partial charge is 0.343 e. The van der Waals surface area contributed by atoms with Crippen LogP contribution in [-0.4, -0.2) is 18.4 Å². The van der Waals surface area contributed by atoms with Gasteiger partial charge in [-0.2, -0.15) is 0 Å². The summed E-state index contributed by atoms with van der Waals surface area (Å²) in [5.74, 6) is -1.32. The summed E-state index contributed by atoms with van der Waals surface area (Å²) in [6, 6.07) is 12.6. The van der Waals surface area contributed by atoms with Crippen molar-refractivity contribution in [1.29, 1.82) is 0 Å². The van der Waals surface area contributed by atoms with Crippen LogP contribution in [0, 0.1) is 12.7 Å². The van der Waals surface area contributed by atoms with E-state index in [4.69, 9.17) is 0 Å². The van der Waals surface area contributed by atoms with Gasteiger partial charge < -0.3 is 10.6 Å². The lowest BCUT2D eigenvalue weighted by atomic mass is 10.2. The van der Waals surface area contributed by atoms with Gasteiger partial charge in [0.25, 0.3) is 5.91 Å². The molecule has 2 aromatic rings. The van der Waals surface area contributed by atoms with Gasteiger partial charge in [0, 0.05) is 11.3 Å². The number of rotatable bonds is 4. The molecule has 0 aliphatic heterocycles. The monoisotopic (exact) mass is 286 g/mol. The van der Waals surface area contributed by atoms with Gasteiger partial charge in [-0.25, -0.2) is 4.39 Å². The zero-order valence-electron chi connectivity index (χ0n) is 11.5. The average molecular weight is 286 g/mol. The minimum absolute atomic E-state index is 0.177. The molecular weight excluding hydrogens is 271 g/mol. The van der Waals surface area contributed by atoms with Gasteiger partial charge in [0.2, 0.25) is 5.91 Å². The van der Waals surface area contributed by atoms with Crippen LogP contribution in [0.2, 0.25) is 0 Å².